The predicted molar refractivity (Wildman–Crippen MR) is 52.3 cm³/mol. The molecular formula is C10H19N. The molecule has 0 spiro atoms. The van der Waals surface area contributed by atoms with Crippen LogP contribution in [0.1, 0.15) is 40.5 Å². The van der Waals surface area contributed by atoms with Gasteiger partial charge in [-0.3, -0.25) is 4.99 Å². The Bertz CT molecular complexity index is 175. The topological polar surface area (TPSA) is 12.4 Å². The number of nitrogens with zero attached hydrogens (tertiary/aromatic N) is 1. The summed E-state index contributed by atoms with van der Waals surface area (Å²) in [4.78, 5) is 4.15. The second-order valence-corrected chi connectivity index (χ2v) is 2.96. The minimum atomic E-state index is 1.16. The first-order valence-electron chi connectivity index (χ1n) is 4.23. The van der Waals surface area contributed by atoms with Crippen molar-refractivity contribution in [1.29, 1.82) is 0 Å². The fourth-order valence-corrected chi connectivity index (χ4v) is 1.04. The SMILES string of the molecule is CCC/C(C)=C(C)\C(C)=N/C. The fourth-order valence-electron chi connectivity index (χ4n) is 1.04. The van der Waals surface area contributed by atoms with Crippen LogP contribution in [0.3, 0.4) is 0 Å². The number of rotatable bonds is 3. The molecule has 0 aromatic rings. The first kappa shape index (κ1) is 10.4. The van der Waals surface area contributed by atoms with E-state index in [4.69, 9.17) is 0 Å². The molecule has 11 heavy (non-hydrogen) atoms. The van der Waals surface area contributed by atoms with E-state index in [9.17, 15) is 0 Å². The van der Waals surface area contributed by atoms with E-state index in [0.29, 0.717) is 0 Å². The number of hydrogen-bond donors (Lipinski definition) is 0. The van der Waals surface area contributed by atoms with Crippen molar-refractivity contribution in [3.8, 4) is 0 Å². The van der Waals surface area contributed by atoms with Crippen LogP contribution in [0.25, 0.3) is 0 Å². The summed E-state index contributed by atoms with van der Waals surface area (Å²) in [7, 11) is 1.85. The van der Waals surface area contributed by atoms with Gasteiger partial charge in [0.2, 0.25) is 0 Å². The van der Waals surface area contributed by atoms with E-state index < -0.39 is 0 Å². The molecule has 0 radical (unpaired) electrons. The average Bonchev–Trinajstić information content (AvgIpc) is 2.02. The molecule has 0 aromatic carbocycles. The lowest BCUT2D eigenvalue weighted by atomic mass is 10.0. The van der Waals surface area contributed by atoms with Gasteiger partial charge in [-0.1, -0.05) is 18.9 Å². The normalized spacial score (nSPS) is 14.8. The van der Waals surface area contributed by atoms with Gasteiger partial charge < -0.3 is 0 Å². The second-order valence-electron chi connectivity index (χ2n) is 2.96. The summed E-state index contributed by atoms with van der Waals surface area (Å²) in [5.74, 6) is 0. The molecule has 64 valence electrons. The van der Waals surface area contributed by atoms with Crippen LogP contribution in [-0.2, 0) is 0 Å². The summed E-state index contributed by atoms with van der Waals surface area (Å²) in [6.45, 7) is 8.60. The van der Waals surface area contributed by atoms with Gasteiger partial charge >= 0.3 is 0 Å². The molecule has 1 heteroatoms. The molecule has 0 aliphatic rings. The highest BCUT2D eigenvalue weighted by atomic mass is 14.7. The van der Waals surface area contributed by atoms with Crippen LogP contribution in [-0.4, -0.2) is 12.8 Å². The third-order valence-electron chi connectivity index (χ3n) is 2.14. The Labute approximate surface area is 70.2 Å². The smallest absolute Gasteiger partial charge is 0.0342 e. The lowest BCUT2D eigenvalue weighted by molar-refractivity contribution is 0.897. The predicted octanol–water partition coefficient (Wildman–Crippen LogP) is 3.21. The number of allylic oxidation sites excluding steroid dienone is 2. The zero-order valence-corrected chi connectivity index (χ0v) is 8.36. The van der Waals surface area contributed by atoms with Crippen molar-refractivity contribution in [2.24, 2.45) is 4.99 Å². The van der Waals surface area contributed by atoms with Crippen LogP contribution in [0.4, 0.5) is 0 Å². The zero-order valence-electron chi connectivity index (χ0n) is 8.36. The Balaban J connectivity index is 4.39. The van der Waals surface area contributed by atoms with Crippen molar-refractivity contribution in [1.82, 2.24) is 0 Å². The van der Waals surface area contributed by atoms with Crippen molar-refractivity contribution in [2.45, 2.75) is 40.5 Å². The lowest BCUT2D eigenvalue weighted by Crippen LogP contribution is -1.96. The van der Waals surface area contributed by atoms with Crippen LogP contribution < -0.4 is 0 Å². The largest absolute Gasteiger partial charge is 0.293 e. The summed E-state index contributed by atoms with van der Waals surface area (Å²) in [6, 6.07) is 0. The molecule has 0 amide bonds. The molecule has 0 heterocycles. The standard InChI is InChI=1S/C10H19N/c1-6-7-8(2)9(3)10(4)11-5/h6-7H2,1-5H3/b9-8-,11-10-. The van der Waals surface area contributed by atoms with Crippen molar-refractivity contribution in [2.75, 3.05) is 7.05 Å². The first-order valence-corrected chi connectivity index (χ1v) is 4.23. The van der Waals surface area contributed by atoms with Crippen LogP contribution in [0, 0.1) is 0 Å². The van der Waals surface area contributed by atoms with Gasteiger partial charge in [0.15, 0.2) is 0 Å². The van der Waals surface area contributed by atoms with Gasteiger partial charge in [0.1, 0.15) is 0 Å². The maximum Gasteiger partial charge on any atom is 0.0342 e. The van der Waals surface area contributed by atoms with Crippen molar-refractivity contribution < 1.29 is 0 Å². The molecule has 0 aliphatic carbocycles. The highest BCUT2D eigenvalue weighted by Crippen LogP contribution is 2.11. The molecular weight excluding hydrogens is 134 g/mol. The molecule has 0 N–H and O–H groups in total. The molecule has 1 nitrogen and oxygen atoms in total. The molecule has 0 rings (SSSR count). The second kappa shape index (κ2) is 5.11. The van der Waals surface area contributed by atoms with Crippen LogP contribution in [0.15, 0.2) is 16.1 Å². The van der Waals surface area contributed by atoms with Crippen molar-refractivity contribution in [3.05, 3.63) is 11.1 Å². The van der Waals surface area contributed by atoms with E-state index in [1.807, 2.05) is 7.05 Å². The van der Waals surface area contributed by atoms with Gasteiger partial charge in [-0.25, -0.2) is 0 Å². The van der Waals surface area contributed by atoms with Crippen LogP contribution >= 0.6 is 0 Å². The third-order valence-corrected chi connectivity index (χ3v) is 2.14. The first-order chi connectivity index (χ1) is 5.13. The molecule has 0 fully saturated rings. The average molecular weight is 153 g/mol. The third kappa shape index (κ3) is 3.35. The molecule has 0 bridgehead atoms. The Hall–Kier alpha value is -0.590. The number of aliphatic imine (C=N–C) groups is 1. The van der Waals surface area contributed by atoms with Gasteiger partial charge in [0, 0.05) is 12.8 Å². The molecule has 0 atom stereocenters. The molecule has 0 unspecified atom stereocenters. The van der Waals surface area contributed by atoms with E-state index in [1.165, 1.54) is 24.0 Å². The summed E-state index contributed by atoms with van der Waals surface area (Å²) in [5, 5.41) is 0. The van der Waals surface area contributed by atoms with E-state index >= 15 is 0 Å². The molecule has 0 aliphatic heterocycles. The van der Waals surface area contributed by atoms with E-state index in [-0.39, 0.29) is 0 Å². The minimum Gasteiger partial charge on any atom is -0.293 e. The molecule has 0 aromatic heterocycles. The van der Waals surface area contributed by atoms with Crippen LogP contribution in [0.2, 0.25) is 0 Å². The Morgan fingerprint density at radius 1 is 1.18 bits per heavy atom. The van der Waals surface area contributed by atoms with Crippen LogP contribution in [0.5, 0.6) is 0 Å². The Kier molecular flexibility index (Phi) is 4.84. The van der Waals surface area contributed by atoms with E-state index in [2.05, 4.69) is 32.7 Å². The highest BCUT2D eigenvalue weighted by molar-refractivity contribution is 5.98. The Morgan fingerprint density at radius 3 is 2.09 bits per heavy atom. The highest BCUT2D eigenvalue weighted by Gasteiger charge is 1.97. The van der Waals surface area contributed by atoms with Gasteiger partial charge in [-0.05, 0) is 32.8 Å². The fraction of sp³-hybridized carbons (Fsp3) is 0.700. The summed E-state index contributed by atoms with van der Waals surface area (Å²) < 4.78 is 0. The lowest BCUT2D eigenvalue weighted by Gasteiger charge is -2.05. The van der Waals surface area contributed by atoms with Crippen molar-refractivity contribution in [3.63, 3.8) is 0 Å². The summed E-state index contributed by atoms with van der Waals surface area (Å²) in [5.41, 5.74) is 3.99. The van der Waals surface area contributed by atoms with Gasteiger partial charge in [0.05, 0.1) is 0 Å². The quantitative estimate of drug-likeness (QED) is 0.552. The summed E-state index contributed by atoms with van der Waals surface area (Å²) in [6.07, 6.45) is 2.42. The monoisotopic (exact) mass is 153 g/mol. The van der Waals surface area contributed by atoms with E-state index in [1.54, 1.807) is 0 Å². The molecule has 0 saturated carbocycles. The van der Waals surface area contributed by atoms with Gasteiger partial charge in [-0.15, -0.1) is 0 Å². The zero-order chi connectivity index (χ0) is 8.85. The van der Waals surface area contributed by atoms with E-state index in [0.717, 1.165) is 5.71 Å². The van der Waals surface area contributed by atoms with Crippen molar-refractivity contribution >= 4 is 5.71 Å². The minimum absolute atomic E-state index is 1.16. The van der Waals surface area contributed by atoms with Gasteiger partial charge in [-0.2, -0.15) is 0 Å². The maximum absolute atomic E-state index is 4.15. The summed E-state index contributed by atoms with van der Waals surface area (Å²) >= 11 is 0. The maximum atomic E-state index is 4.15. The Morgan fingerprint density at radius 2 is 1.73 bits per heavy atom. The number of hydrogen-bond acceptors (Lipinski definition) is 1. The molecule has 0 saturated heterocycles. The van der Waals surface area contributed by atoms with Gasteiger partial charge in [0.25, 0.3) is 0 Å².